The van der Waals surface area contributed by atoms with Crippen molar-refractivity contribution in [2.24, 2.45) is 0 Å². The van der Waals surface area contributed by atoms with Crippen LogP contribution in [-0.2, 0) is 6.42 Å². The molecule has 150 valence electrons. The zero-order valence-corrected chi connectivity index (χ0v) is 17.6. The van der Waals surface area contributed by atoms with Gasteiger partial charge in [-0.05, 0) is 41.6 Å². The van der Waals surface area contributed by atoms with E-state index < -0.39 is 5.97 Å². The molecule has 4 rings (SSSR count). The average molecular weight is 437 g/mol. The summed E-state index contributed by atoms with van der Waals surface area (Å²) in [5, 5.41) is 12.1. The molecular weight excluding hydrogens is 420 g/mol. The van der Waals surface area contributed by atoms with Gasteiger partial charge < -0.3 is 9.52 Å². The van der Waals surface area contributed by atoms with Gasteiger partial charge in [0.05, 0.1) is 11.1 Å². The molecule has 0 radical (unpaired) electrons. The highest BCUT2D eigenvalue weighted by atomic mass is 35.5. The third-order valence-corrected chi connectivity index (χ3v) is 6.14. The molecule has 0 unspecified atom stereocenters. The molecule has 4 nitrogen and oxygen atoms in total. The SMILES string of the molecule is Cc1oc(-c2ccccc2)cc1C(=O)Cc1csc(-c2ccc(Cl)cc2)c1C(=O)O. The number of ketones is 1. The van der Waals surface area contributed by atoms with Crippen molar-refractivity contribution >= 4 is 34.7 Å². The number of rotatable bonds is 6. The van der Waals surface area contributed by atoms with Gasteiger partial charge in [-0.25, -0.2) is 4.79 Å². The Morgan fingerprint density at radius 2 is 1.73 bits per heavy atom. The van der Waals surface area contributed by atoms with E-state index >= 15 is 0 Å². The Labute approximate surface area is 182 Å². The van der Waals surface area contributed by atoms with E-state index in [0.717, 1.165) is 11.1 Å². The Hall–Kier alpha value is -3.15. The molecule has 4 aromatic rings. The van der Waals surface area contributed by atoms with E-state index in [1.54, 1.807) is 42.6 Å². The van der Waals surface area contributed by atoms with Crippen LogP contribution in [0.2, 0.25) is 5.02 Å². The summed E-state index contributed by atoms with van der Waals surface area (Å²) in [5.41, 5.74) is 2.74. The molecule has 0 saturated carbocycles. The predicted octanol–water partition coefficient (Wildman–Crippen LogP) is 6.76. The zero-order chi connectivity index (χ0) is 21.3. The van der Waals surface area contributed by atoms with Gasteiger partial charge in [0.15, 0.2) is 5.78 Å². The maximum Gasteiger partial charge on any atom is 0.337 e. The Bertz CT molecular complexity index is 1220. The Balaban J connectivity index is 1.65. The lowest BCUT2D eigenvalue weighted by Gasteiger charge is -2.04. The molecule has 0 fully saturated rings. The predicted molar refractivity (Wildman–Crippen MR) is 119 cm³/mol. The maximum absolute atomic E-state index is 13.0. The quantitative estimate of drug-likeness (QED) is 0.339. The van der Waals surface area contributed by atoms with Crippen molar-refractivity contribution in [2.75, 3.05) is 0 Å². The lowest BCUT2D eigenvalue weighted by atomic mass is 9.99. The molecule has 0 spiro atoms. The minimum atomic E-state index is -1.06. The molecule has 1 N–H and O–H groups in total. The molecule has 0 aliphatic heterocycles. The van der Waals surface area contributed by atoms with E-state index in [2.05, 4.69) is 0 Å². The number of carboxylic acid groups (broad SMARTS) is 1. The Morgan fingerprint density at radius 3 is 2.40 bits per heavy atom. The summed E-state index contributed by atoms with van der Waals surface area (Å²) in [7, 11) is 0. The van der Waals surface area contributed by atoms with Crippen LogP contribution in [0.25, 0.3) is 21.8 Å². The maximum atomic E-state index is 13.0. The second-order valence-corrected chi connectivity index (χ2v) is 8.14. The molecule has 0 saturated heterocycles. The van der Waals surface area contributed by atoms with E-state index in [0.29, 0.717) is 32.5 Å². The van der Waals surface area contributed by atoms with Crippen molar-refractivity contribution < 1.29 is 19.1 Å². The average Bonchev–Trinajstić information content (AvgIpc) is 3.33. The fourth-order valence-electron chi connectivity index (χ4n) is 3.34. The number of Topliss-reactive ketones (excluding diaryl/α,β-unsaturated/α-hetero) is 1. The van der Waals surface area contributed by atoms with E-state index in [1.165, 1.54) is 11.3 Å². The Morgan fingerprint density at radius 1 is 1.03 bits per heavy atom. The summed E-state index contributed by atoms with van der Waals surface area (Å²) in [6.07, 6.45) is -0.0136. The van der Waals surface area contributed by atoms with Crippen LogP contribution in [0, 0.1) is 6.92 Å². The molecule has 0 bridgehead atoms. The number of carbonyl (C=O) groups is 2. The molecule has 2 aromatic carbocycles. The minimum absolute atomic E-state index is 0.0136. The van der Waals surface area contributed by atoms with Crippen molar-refractivity contribution in [3.05, 3.63) is 93.5 Å². The fraction of sp³-hybridized carbons (Fsp3) is 0.0833. The number of thiophene rings is 1. The van der Waals surface area contributed by atoms with Gasteiger partial charge in [-0.3, -0.25) is 4.79 Å². The van der Waals surface area contributed by atoms with Crippen molar-refractivity contribution in [1.29, 1.82) is 0 Å². The van der Waals surface area contributed by atoms with E-state index in [1.807, 2.05) is 30.3 Å². The van der Waals surface area contributed by atoms with Gasteiger partial charge in [0, 0.05) is 21.9 Å². The smallest absolute Gasteiger partial charge is 0.337 e. The first kappa shape index (κ1) is 20.1. The highest BCUT2D eigenvalue weighted by Crippen LogP contribution is 2.35. The van der Waals surface area contributed by atoms with Gasteiger partial charge >= 0.3 is 5.97 Å². The molecule has 0 aliphatic rings. The number of hydrogen-bond acceptors (Lipinski definition) is 4. The number of furan rings is 1. The molecule has 6 heteroatoms. The van der Waals surface area contributed by atoms with Crippen LogP contribution in [0.1, 0.15) is 32.0 Å². The second kappa shape index (κ2) is 8.30. The number of hydrogen-bond donors (Lipinski definition) is 1. The topological polar surface area (TPSA) is 67.5 Å². The summed E-state index contributed by atoms with van der Waals surface area (Å²) in [6.45, 7) is 1.74. The molecule has 0 amide bonds. The number of aromatic carboxylic acids is 1. The third-order valence-electron chi connectivity index (χ3n) is 4.81. The third kappa shape index (κ3) is 3.95. The highest BCUT2D eigenvalue weighted by molar-refractivity contribution is 7.14. The molecule has 30 heavy (non-hydrogen) atoms. The molecule has 0 atom stereocenters. The summed E-state index contributed by atoms with van der Waals surface area (Å²) < 4.78 is 5.78. The van der Waals surface area contributed by atoms with Crippen LogP contribution >= 0.6 is 22.9 Å². The number of halogens is 1. The minimum Gasteiger partial charge on any atom is -0.478 e. The monoisotopic (exact) mass is 436 g/mol. The van der Waals surface area contributed by atoms with Gasteiger partial charge in [-0.2, -0.15) is 0 Å². The standard InChI is InChI=1S/C24H17ClO4S/c1-14-19(12-21(29-14)15-5-3-2-4-6-15)20(26)11-17-13-30-23(22(17)24(27)28)16-7-9-18(25)10-8-16/h2-10,12-13H,11H2,1H3,(H,27,28). The summed E-state index contributed by atoms with van der Waals surface area (Å²) >= 11 is 7.25. The summed E-state index contributed by atoms with van der Waals surface area (Å²) in [4.78, 5) is 25.6. The highest BCUT2D eigenvalue weighted by Gasteiger charge is 2.23. The first-order chi connectivity index (χ1) is 14.4. The Kier molecular flexibility index (Phi) is 5.57. The first-order valence-electron chi connectivity index (χ1n) is 9.22. The number of aryl methyl sites for hydroxylation is 1. The van der Waals surface area contributed by atoms with Crippen LogP contribution in [0.5, 0.6) is 0 Å². The summed E-state index contributed by atoms with van der Waals surface area (Å²) in [5.74, 6) is -0.106. The molecule has 2 heterocycles. The lowest BCUT2D eigenvalue weighted by Crippen LogP contribution is -2.08. The van der Waals surface area contributed by atoms with Gasteiger partial charge in [0.2, 0.25) is 0 Å². The lowest BCUT2D eigenvalue weighted by molar-refractivity contribution is 0.0697. The van der Waals surface area contributed by atoms with Gasteiger partial charge in [-0.1, -0.05) is 54.1 Å². The fourth-order valence-corrected chi connectivity index (χ4v) is 4.54. The largest absolute Gasteiger partial charge is 0.478 e. The number of carbonyl (C=O) groups excluding carboxylic acids is 1. The van der Waals surface area contributed by atoms with Gasteiger partial charge in [-0.15, -0.1) is 11.3 Å². The molecule has 0 aliphatic carbocycles. The van der Waals surface area contributed by atoms with Crippen LogP contribution in [-0.4, -0.2) is 16.9 Å². The van der Waals surface area contributed by atoms with Crippen LogP contribution in [0.3, 0.4) is 0 Å². The molecular formula is C24H17ClO4S. The van der Waals surface area contributed by atoms with E-state index in [4.69, 9.17) is 16.0 Å². The molecule has 2 aromatic heterocycles. The summed E-state index contributed by atoms with van der Waals surface area (Å²) in [6, 6.07) is 18.2. The van der Waals surface area contributed by atoms with E-state index in [9.17, 15) is 14.7 Å². The number of benzene rings is 2. The van der Waals surface area contributed by atoms with Crippen molar-refractivity contribution in [1.82, 2.24) is 0 Å². The van der Waals surface area contributed by atoms with Crippen molar-refractivity contribution in [2.45, 2.75) is 13.3 Å². The van der Waals surface area contributed by atoms with Crippen molar-refractivity contribution in [3.8, 4) is 21.8 Å². The number of carboxylic acids is 1. The van der Waals surface area contributed by atoms with E-state index in [-0.39, 0.29) is 17.8 Å². The first-order valence-corrected chi connectivity index (χ1v) is 10.5. The zero-order valence-electron chi connectivity index (χ0n) is 16.0. The van der Waals surface area contributed by atoms with Crippen molar-refractivity contribution in [3.63, 3.8) is 0 Å². The van der Waals surface area contributed by atoms with Crippen LogP contribution in [0.15, 0.2) is 70.5 Å². The van der Waals surface area contributed by atoms with Crippen LogP contribution in [0.4, 0.5) is 0 Å². The normalized spacial score (nSPS) is 10.9. The van der Waals surface area contributed by atoms with Gasteiger partial charge in [0.1, 0.15) is 11.5 Å². The van der Waals surface area contributed by atoms with Gasteiger partial charge in [0.25, 0.3) is 0 Å². The van der Waals surface area contributed by atoms with Crippen LogP contribution < -0.4 is 0 Å². The second-order valence-electron chi connectivity index (χ2n) is 6.82.